The molecule has 2 unspecified atom stereocenters. The number of epoxide rings is 1. The number of carbonyl (C=O) groups is 2. The van der Waals surface area contributed by atoms with Gasteiger partial charge in [-0.15, -0.1) is 0 Å². The first-order valence-electron chi connectivity index (χ1n) is 5.63. The van der Waals surface area contributed by atoms with E-state index in [0.717, 1.165) is 25.9 Å². The molecule has 0 aromatic rings. The van der Waals surface area contributed by atoms with Crippen molar-refractivity contribution in [2.45, 2.75) is 44.6 Å². The summed E-state index contributed by atoms with van der Waals surface area (Å²) in [7, 11) is 0. The van der Waals surface area contributed by atoms with Crippen LogP contribution in [0.4, 0.5) is 0 Å². The monoisotopic (exact) mass is 230 g/mol. The summed E-state index contributed by atoms with van der Waals surface area (Å²) in [5.41, 5.74) is 0. The molecule has 2 N–H and O–H groups in total. The van der Waals surface area contributed by atoms with Crippen LogP contribution in [0.5, 0.6) is 0 Å². The Kier molecular flexibility index (Phi) is 5.25. The lowest BCUT2D eigenvalue weighted by Crippen LogP contribution is -2.10. The first-order chi connectivity index (χ1) is 7.58. The molecule has 1 aliphatic rings. The van der Waals surface area contributed by atoms with Gasteiger partial charge in [0.2, 0.25) is 0 Å². The largest absolute Gasteiger partial charge is 0.481 e. The number of rotatable bonds is 9. The highest BCUT2D eigenvalue weighted by Crippen LogP contribution is 2.25. The van der Waals surface area contributed by atoms with Crippen LogP contribution in [0.3, 0.4) is 0 Å². The minimum absolute atomic E-state index is 0.124. The minimum Gasteiger partial charge on any atom is -0.481 e. The van der Waals surface area contributed by atoms with Gasteiger partial charge in [0, 0.05) is 12.8 Å². The summed E-state index contributed by atoms with van der Waals surface area (Å²) in [5.74, 6) is -1.46. The van der Waals surface area contributed by atoms with Crippen molar-refractivity contribution in [1.82, 2.24) is 0 Å². The molecule has 0 aliphatic carbocycles. The lowest BCUT2D eigenvalue weighted by molar-refractivity contribution is -0.139. The first kappa shape index (κ1) is 13.0. The highest BCUT2D eigenvalue weighted by molar-refractivity contribution is 5.67. The fourth-order valence-corrected chi connectivity index (χ4v) is 1.84. The van der Waals surface area contributed by atoms with Gasteiger partial charge in [0.25, 0.3) is 0 Å². The lowest BCUT2D eigenvalue weighted by Gasteiger charge is -2.12. The predicted octanol–water partition coefficient (Wildman–Crippen LogP) is 1.51. The quantitative estimate of drug-likeness (QED) is 0.463. The van der Waals surface area contributed by atoms with Gasteiger partial charge in [0.1, 0.15) is 0 Å². The first-order valence-corrected chi connectivity index (χ1v) is 5.63. The number of hydrogen-bond donors (Lipinski definition) is 2. The Morgan fingerprint density at radius 3 is 2.44 bits per heavy atom. The van der Waals surface area contributed by atoms with E-state index in [2.05, 4.69) is 0 Å². The number of unbranched alkanes of at least 4 members (excludes halogenated alkanes) is 1. The number of aliphatic carboxylic acids is 2. The number of hydrogen-bond acceptors (Lipinski definition) is 3. The summed E-state index contributed by atoms with van der Waals surface area (Å²) in [4.78, 5) is 20.9. The van der Waals surface area contributed by atoms with Crippen LogP contribution in [0.2, 0.25) is 0 Å². The van der Waals surface area contributed by atoms with E-state index in [-0.39, 0.29) is 24.9 Å². The molecular formula is C11H18O5. The molecule has 92 valence electrons. The third kappa shape index (κ3) is 6.40. The highest BCUT2D eigenvalue weighted by atomic mass is 16.6. The van der Waals surface area contributed by atoms with Crippen molar-refractivity contribution in [3.05, 3.63) is 0 Å². The zero-order valence-electron chi connectivity index (χ0n) is 9.22. The molecule has 5 heteroatoms. The SMILES string of the molecule is O=C(O)CCCCC(CC(=O)O)CC1CO1. The van der Waals surface area contributed by atoms with Crippen LogP contribution in [0.15, 0.2) is 0 Å². The van der Waals surface area contributed by atoms with E-state index in [1.54, 1.807) is 0 Å². The molecule has 5 nitrogen and oxygen atoms in total. The summed E-state index contributed by atoms with van der Waals surface area (Å²) >= 11 is 0. The van der Waals surface area contributed by atoms with E-state index in [9.17, 15) is 9.59 Å². The van der Waals surface area contributed by atoms with Crippen LogP contribution in [0, 0.1) is 5.92 Å². The van der Waals surface area contributed by atoms with E-state index in [4.69, 9.17) is 14.9 Å². The molecule has 1 rings (SSSR count). The molecule has 0 aromatic carbocycles. The highest BCUT2D eigenvalue weighted by Gasteiger charge is 2.27. The van der Waals surface area contributed by atoms with Gasteiger partial charge in [0.05, 0.1) is 12.7 Å². The normalized spacial score (nSPS) is 20.4. The second-order valence-electron chi connectivity index (χ2n) is 4.29. The van der Waals surface area contributed by atoms with Crippen LogP contribution in [-0.4, -0.2) is 34.9 Å². The van der Waals surface area contributed by atoms with Crippen molar-refractivity contribution in [1.29, 1.82) is 0 Å². The van der Waals surface area contributed by atoms with Gasteiger partial charge in [0.15, 0.2) is 0 Å². The van der Waals surface area contributed by atoms with E-state index in [1.807, 2.05) is 0 Å². The molecule has 2 atom stereocenters. The van der Waals surface area contributed by atoms with Crippen LogP contribution in [0.25, 0.3) is 0 Å². The van der Waals surface area contributed by atoms with Gasteiger partial charge in [-0.2, -0.15) is 0 Å². The maximum Gasteiger partial charge on any atom is 0.303 e. The van der Waals surface area contributed by atoms with Crippen molar-refractivity contribution < 1.29 is 24.5 Å². The van der Waals surface area contributed by atoms with E-state index >= 15 is 0 Å². The van der Waals surface area contributed by atoms with Crippen LogP contribution in [-0.2, 0) is 14.3 Å². The maximum atomic E-state index is 10.6. The average Bonchev–Trinajstić information content (AvgIpc) is 2.94. The number of carboxylic acids is 2. The molecule has 0 aromatic heterocycles. The summed E-state index contributed by atoms with van der Waals surface area (Å²) in [6.07, 6.45) is 3.53. The molecule has 0 bridgehead atoms. The molecule has 0 amide bonds. The molecule has 0 radical (unpaired) electrons. The Morgan fingerprint density at radius 1 is 1.25 bits per heavy atom. The van der Waals surface area contributed by atoms with Crippen molar-refractivity contribution in [3.8, 4) is 0 Å². The van der Waals surface area contributed by atoms with Crippen molar-refractivity contribution in [2.24, 2.45) is 5.92 Å². The fraction of sp³-hybridized carbons (Fsp3) is 0.818. The van der Waals surface area contributed by atoms with Gasteiger partial charge >= 0.3 is 11.9 Å². The molecule has 0 spiro atoms. The topological polar surface area (TPSA) is 87.1 Å². The van der Waals surface area contributed by atoms with E-state index in [1.165, 1.54) is 0 Å². The molecular weight excluding hydrogens is 212 g/mol. The molecule has 0 saturated carbocycles. The molecule has 1 fully saturated rings. The maximum absolute atomic E-state index is 10.6. The summed E-state index contributed by atoms with van der Waals surface area (Å²) in [6, 6.07) is 0. The van der Waals surface area contributed by atoms with Gasteiger partial charge in [-0.3, -0.25) is 9.59 Å². The third-order valence-corrected chi connectivity index (χ3v) is 2.71. The summed E-state index contributed by atoms with van der Waals surface area (Å²) < 4.78 is 5.08. The van der Waals surface area contributed by atoms with Crippen molar-refractivity contribution >= 4 is 11.9 Å². The second kappa shape index (κ2) is 6.48. The van der Waals surface area contributed by atoms with Crippen LogP contribution < -0.4 is 0 Å². The minimum atomic E-state index is -0.791. The summed E-state index contributed by atoms with van der Waals surface area (Å²) in [6.45, 7) is 0.741. The summed E-state index contributed by atoms with van der Waals surface area (Å²) in [5, 5.41) is 17.2. The van der Waals surface area contributed by atoms with E-state index < -0.39 is 11.9 Å². The average molecular weight is 230 g/mol. The van der Waals surface area contributed by atoms with Crippen LogP contribution in [0.1, 0.15) is 38.5 Å². The molecule has 1 aliphatic heterocycles. The number of carboxylic acid groups (broad SMARTS) is 2. The smallest absolute Gasteiger partial charge is 0.303 e. The molecule has 1 saturated heterocycles. The molecule has 16 heavy (non-hydrogen) atoms. The Hall–Kier alpha value is -1.10. The zero-order valence-corrected chi connectivity index (χ0v) is 9.22. The van der Waals surface area contributed by atoms with Gasteiger partial charge in [-0.1, -0.05) is 6.42 Å². The Bertz CT molecular complexity index is 247. The lowest BCUT2D eigenvalue weighted by atomic mass is 9.93. The Labute approximate surface area is 94.4 Å². The zero-order chi connectivity index (χ0) is 12.0. The van der Waals surface area contributed by atoms with E-state index in [0.29, 0.717) is 6.42 Å². The molecule has 1 heterocycles. The second-order valence-corrected chi connectivity index (χ2v) is 4.29. The van der Waals surface area contributed by atoms with Gasteiger partial charge in [-0.05, 0) is 25.2 Å². The Morgan fingerprint density at radius 2 is 1.94 bits per heavy atom. The fourth-order valence-electron chi connectivity index (χ4n) is 1.84. The van der Waals surface area contributed by atoms with Crippen molar-refractivity contribution in [3.63, 3.8) is 0 Å². The standard InChI is InChI=1S/C11H18O5/c12-10(13)4-2-1-3-8(6-11(14)15)5-9-7-16-9/h8-9H,1-7H2,(H,12,13)(H,14,15). The predicted molar refractivity (Wildman–Crippen MR) is 56.2 cm³/mol. The van der Waals surface area contributed by atoms with Gasteiger partial charge in [-0.25, -0.2) is 0 Å². The number of ether oxygens (including phenoxy) is 1. The third-order valence-electron chi connectivity index (χ3n) is 2.71. The Balaban J connectivity index is 2.14. The van der Waals surface area contributed by atoms with Crippen LogP contribution >= 0.6 is 0 Å². The van der Waals surface area contributed by atoms with Gasteiger partial charge < -0.3 is 14.9 Å². The van der Waals surface area contributed by atoms with Crippen molar-refractivity contribution in [2.75, 3.05) is 6.61 Å².